The van der Waals surface area contributed by atoms with Gasteiger partial charge in [0, 0.05) is 18.6 Å². The second-order valence-electron chi connectivity index (χ2n) is 6.46. The summed E-state index contributed by atoms with van der Waals surface area (Å²) >= 11 is 0. The molecule has 1 aromatic carbocycles. The molecule has 118 valence electrons. The summed E-state index contributed by atoms with van der Waals surface area (Å²) in [7, 11) is 0. The van der Waals surface area contributed by atoms with E-state index in [4.69, 9.17) is 0 Å². The molecule has 1 aliphatic heterocycles. The molecular formula is C19H32N2. The van der Waals surface area contributed by atoms with Crippen molar-refractivity contribution in [2.24, 2.45) is 0 Å². The monoisotopic (exact) mass is 288 g/mol. The van der Waals surface area contributed by atoms with E-state index < -0.39 is 0 Å². The maximum absolute atomic E-state index is 3.83. The molecule has 1 aromatic rings. The summed E-state index contributed by atoms with van der Waals surface area (Å²) in [6.45, 7) is 8.32. The van der Waals surface area contributed by atoms with Crippen LogP contribution in [0.25, 0.3) is 0 Å². The third-order valence-electron chi connectivity index (χ3n) is 4.72. The quantitative estimate of drug-likeness (QED) is 0.763. The van der Waals surface area contributed by atoms with Gasteiger partial charge in [0.05, 0.1) is 0 Å². The number of unbranched alkanes of at least 4 members (excludes halogenated alkanes) is 1. The molecule has 21 heavy (non-hydrogen) atoms. The van der Waals surface area contributed by atoms with Gasteiger partial charge < -0.3 is 5.32 Å². The third kappa shape index (κ3) is 5.44. The molecule has 1 aliphatic rings. The SMILES string of the molecule is CCCCC(NCC(C)N1CCCCC1)c1ccccc1. The van der Waals surface area contributed by atoms with Crippen LogP contribution < -0.4 is 5.32 Å². The van der Waals surface area contributed by atoms with E-state index in [2.05, 4.69) is 54.4 Å². The summed E-state index contributed by atoms with van der Waals surface area (Å²) in [6.07, 6.45) is 7.98. The Hall–Kier alpha value is -0.860. The Bertz CT molecular complexity index is 370. The summed E-state index contributed by atoms with van der Waals surface area (Å²) in [5.74, 6) is 0. The van der Waals surface area contributed by atoms with Crippen LogP contribution in [0.2, 0.25) is 0 Å². The van der Waals surface area contributed by atoms with Crippen molar-refractivity contribution in [1.29, 1.82) is 0 Å². The summed E-state index contributed by atoms with van der Waals surface area (Å²) in [4.78, 5) is 2.65. The number of hydrogen-bond donors (Lipinski definition) is 1. The summed E-state index contributed by atoms with van der Waals surface area (Å²) in [5.41, 5.74) is 1.44. The molecule has 1 N–H and O–H groups in total. The molecule has 0 saturated carbocycles. The van der Waals surface area contributed by atoms with Gasteiger partial charge in [-0.3, -0.25) is 4.90 Å². The number of nitrogens with zero attached hydrogens (tertiary/aromatic N) is 1. The van der Waals surface area contributed by atoms with Gasteiger partial charge in [0.15, 0.2) is 0 Å². The summed E-state index contributed by atoms with van der Waals surface area (Å²) in [6, 6.07) is 12.1. The highest BCUT2D eigenvalue weighted by Gasteiger charge is 2.18. The normalized spacial score (nSPS) is 19.3. The van der Waals surface area contributed by atoms with Gasteiger partial charge >= 0.3 is 0 Å². The van der Waals surface area contributed by atoms with E-state index in [1.54, 1.807) is 0 Å². The van der Waals surface area contributed by atoms with Crippen LogP contribution in [0, 0.1) is 0 Å². The lowest BCUT2D eigenvalue weighted by Gasteiger charge is -2.33. The van der Waals surface area contributed by atoms with Crippen molar-refractivity contribution in [1.82, 2.24) is 10.2 Å². The molecule has 0 aromatic heterocycles. The van der Waals surface area contributed by atoms with E-state index in [9.17, 15) is 0 Å². The fourth-order valence-corrected chi connectivity index (χ4v) is 3.28. The third-order valence-corrected chi connectivity index (χ3v) is 4.72. The lowest BCUT2D eigenvalue weighted by atomic mass is 10.0. The van der Waals surface area contributed by atoms with Crippen molar-refractivity contribution in [3.05, 3.63) is 35.9 Å². The first-order valence-electron chi connectivity index (χ1n) is 8.83. The van der Waals surface area contributed by atoms with E-state index in [1.807, 2.05) is 0 Å². The highest BCUT2D eigenvalue weighted by Crippen LogP contribution is 2.20. The second-order valence-corrected chi connectivity index (χ2v) is 6.46. The van der Waals surface area contributed by atoms with E-state index >= 15 is 0 Å². The fourth-order valence-electron chi connectivity index (χ4n) is 3.28. The minimum absolute atomic E-state index is 0.512. The van der Waals surface area contributed by atoms with Crippen molar-refractivity contribution in [3.63, 3.8) is 0 Å². The Morgan fingerprint density at radius 3 is 2.48 bits per heavy atom. The number of rotatable bonds is 8. The standard InChI is InChI=1S/C19H32N2/c1-3-4-13-19(18-11-7-5-8-12-18)20-16-17(2)21-14-9-6-10-15-21/h5,7-8,11-12,17,19-20H,3-4,6,9-10,13-16H2,1-2H3. The summed E-state index contributed by atoms with van der Waals surface area (Å²) in [5, 5.41) is 3.83. The molecule has 0 radical (unpaired) electrons. The predicted octanol–water partition coefficient (Wildman–Crippen LogP) is 4.38. The van der Waals surface area contributed by atoms with Crippen molar-refractivity contribution >= 4 is 0 Å². The van der Waals surface area contributed by atoms with Gasteiger partial charge in [-0.1, -0.05) is 56.5 Å². The van der Waals surface area contributed by atoms with E-state index in [-0.39, 0.29) is 0 Å². The largest absolute Gasteiger partial charge is 0.308 e. The molecule has 0 amide bonds. The van der Waals surface area contributed by atoms with Gasteiger partial charge in [0.1, 0.15) is 0 Å². The van der Waals surface area contributed by atoms with Crippen LogP contribution in [0.5, 0.6) is 0 Å². The van der Waals surface area contributed by atoms with Crippen molar-refractivity contribution in [3.8, 4) is 0 Å². The average molecular weight is 288 g/mol. The minimum Gasteiger partial charge on any atom is -0.308 e. The van der Waals surface area contributed by atoms with Gasteiger partial charge in [0.2, 0.25) is 0 Å². The van der Waals surface area contributed by atoms with Crippen LogP contribution >= 0.6 is 0 Å². The molecule has 2 rings (SSSR count). The predicted molar refractivity (Wildman–Crippen MR) is 91.6 cm³/mol. The molecule has 2 heteroatoms. The number of nitrogens with one attached hydrogen (secondary N) is 1. The molecule has 0 spiro atoms. The van der Waals surface area contributed by atoms with E-state index in [0.717, 1.165) is 6.54 Å². The minimum atomic E-state index is 0.512. The molecule has 2 unspecified atom stereocenters. The Labute approximate surface area is 130 Å². The Balaban J connectivity index is 1.86. The smallest absolute Gasteiger partial charge is 0.0320 e. The van der Waals surface area contributed by atoms with E-state index in [1.165, 1.54) is 57.2 Å². The number of likely N-dealkylation sites (tertiary alicyclic amines) is 1. The molecular weight excluding hydrogens is 256 g/mol. The molecule has 1 saturated heterocycles. The van der Waals surface area contributed by atoms with Crippen LogP contribution in [0.15, 0.2) is 30.3 Å². The van der Waals surface area contributed by atoms with Crippen LogP contribution in [-0.2, 0) is 0 Å². The maximum Gasteiger partial charge on any atom is 0.0320 e. The molecule has 2 nitrogen and oxygen atoms in total. The van der Waals surface area contributed by atoms with Crippen LogP contribution in [0.3, 0.4) is 0 Å². The van der Waals surface area contributed by atoms with Gasteiger partial charge in [0.25, 0.3) is 0 Å². The van der Waals surface area contributed by atoms with E-state index in [0.29, 0.717) is 12.1 Å². The van der Waals surface area contributed by atoms with Gasteiger partial charge in [-0.15, -0.1) is 0 Å². The number of hydrogen-bond acceptors (Lipinski definition) is 2. The lowest BCUT2D eigenvalue weighted by molar-refractivity contribution is 0.167. The second kappa shape index (κ2) is 9.22. The topological polar surface area (TPSA) is 15.3 Å². The zero-order valence-corrected chi connectivity index (χ0v) is 13.9. The Morgan fingerprint density at radius 2 is 1.81 bits per heavy atom. The van der Waals surface area contributed by atoms with Crippen LogP contribution in [-0.4, -0.2) is 30.6 Å². The Kier molecular flexibility index (Phi) is 7.25. The fraction of sp³-hybridized carbons (Fsp3) is 0.684. The van der Waals surface area contributed by atoms with Gasteiger partial charge in [-0.2, -0.15) is 0 Å². The van der Waals surface area contributed by atoms with Crippen LogP contribution in [0.1, 0.15) is 64.0 Å². The maximum atomic E-state index is 3.83. The Morgan fingerprint density at radius 1 is 1.10 bits per heavy atom. The zero-order valence-electron chi connectivity index (χ0n) is 13.9. The first-order chi connectivity index (χ1) is 10.3. The highest BCUT2D eigenvalue weighted by molar-refractivity contribution is 5.18. The molecule has 1 fully saturated rings. The molecule has 2 atom stereocenters. The first kappa shape index (κ1) is 16.5. The molecule has 0 bridgehead atoms. The van der Waals surface area contributed by atoms with Crippen molar-refractivity contribution in [2.45, 2.75) is 64.5 Å². The number of benzene rings is 1. The van der Waals surface area contributed by atoms with Crippen LogP contribution in [0.4, 0.5) is 0 Å². The summed E-state index contributed by atoms with van der Waals surface area (Å²) < 4.78 is 0. The van der Waals surface area contributed by atoms with Gasteiger partial charge in [-0.05, 0) is 44.8 Å². The molecule has 0 aliphatic carbocycles. The van der Waals surface area contributed by atoms with Crippen molar-refractivity contribution in [2.75, 3.05) is 19.6 Å². The molecule has 1 heterocycles. The lowest BCUT2D eigenvalue weighted by Crippen LogP contribution is -2.43. The average Bonchev–Trinajstić information content (AvgIpc) is 2.56. The first-order valence-corrected chi connectivity index (χ1v) is 8.83. The number of piperidine rings is 1. The zero-order chi connectivity index (χ0) is 14.9. The van der Waals surface area contributed by atoms with Gasteiger partial charge in [-0.25, -0.2) is 0 Å². The highest BCUT2D eigenvalue weighted by atomic mass is 15.2. The van der Waals surface area contributed by atoms with Crippen molar-refractivity contribution < 1.29 is 0 Å².